The van der Waals surface area contributed by atoms with Gasteiger partial charge in [-0.1, -0.05) is 11.6 Å². The van der Waals surface area contributed by atoms with Crippen molar-refractivity contribution >= 4 is 40.1 Å². The van der Waals surface area contributed by atoms with Crippen molar-refractivity contribution in [2.24, 2.45) is 0 Å². The number of nitrogens with zero attached hydrogens (tertiary/aromatic N) is 3. The van der Waals surface area contributed by atoms with Gasteiger partial charge in [-0.3, -0.25) is 10.2 Å². The van der Waals surface area contributed by atoms with E-state index in [9.17, 15) is 4.79 Å². The van der Waals surface area contributed by atoms with Crippen LogP contribution in [0.2, 0.25) is 5.02 Å². The van der Waals surface area contributed by atoms with Crippen molar-refractivity contribution in [3.63, 3.8) is 0 Å². The summed E-state index contributed by atoms with van der Waals surface area (Å²) in [4.78, 5) is 26.7. The van der Waals surface area contributed by atoms with E-state index in [2.05, 4.69) is 30.5 Å². The molecule has 10 heteroatoms. The molecule has 0 unspecified atom stereocenters. The maximum Gasteiger partial charge on any atom is 0.255 e. The highest BCUT2D eigenvalue weighted by Gasteiger charge is 2.19. The second kappa shape index (κ2) is 10.5. The van der Waals surface area contributed by atoms with Crippen molar-refractivity contribution < 1.29 is 9.53 Å². The summed E-state index contributed by atoms with van der Waals surface area (Å²) in [7, 11) is 5.57. The van der Waals surface area contributed by atoms with Crippen molar-refractivity contribution in [2.75, 3.05) is 46.2 Å². The Morgan fingerprint density at radius 1 is 1.34 bits per heavy atom. The number of halogens is 1. The van der Waals surface area contributed by atoms with E-state index in [1.54, 1.807) is 31.5 Å². The Morgan fingerprint density at radius 3 is 2.84 bits per heavy atom. The zero-order valence-corrected chi connectivity index (χ0v) is 19.4. The molecule has 0 radical (unpaired) electrons. The fourth-order valence-corrected chi connectivity index (χ4v) is 3.38. The molecule has 0 spiro atoms. The fraction of sp³-hybridized carbons (Fsp3) is 0.364. The van der Waals surface area contributed by atoms with E-state index in [0.29, 0.717) is 46.2 Å². The maximum absolute atomic E-state index is 12.7. The molecule has 0 saturated carbocycles. The Balaban J connectivity index is 1.90. The smallest absolute Gasteiger partial charge is 0.255 e. The Labute approximate surface area is 192 Å². The van der Waals surface area contributed by atoms with Gasteiger partial charge in [-0.2, -0.15) is 0 Å². The van der Waals surface area contributed by atoms with Gasteiger partial charge >= 0.3 is 0 Å². The van der Waals surface area contributed by atoms with Crippen molar-refractivity contribution in [3.8, 4) is 0 Å². The van der Waals surface area contributed by atoms with Gasteiger partial charge in [0.25, 0.3) is 5.91 Å². The van der Waals surface area contributed by atoms with Crippen molar-refractivity contribution in [1.82, 2.24) is 25.2 Å². The van der Waals surface area contributed by atoms with Crippen LogP contribution in [-0.2, 0) is 4.74 Å². The number of rotatable bonds is 10. The highest BCUT2D eigenvalue weighted by Crippen LogP contribution is 2.24. The Morgan fingerprint density at radius 2 is 2.12 bits per heavy atom. The van der Waals surface area contributed by atoms with Gasteiger partial charge in [0.1, 0.15) is 11.2 Å². The van der Waals surface area contributed by atoms with Gasteiger partial charge in [-0.25, -0.2) is 9.97 Å². The molecule has 3 aromatic rings. The topological polar surface area (TPSA) is 119 Å². The molecular weight excluding hydrogens is 430 g/mol. The van der Waals surface area contributed by atoms with Crippen LogP contribution in [0.1, 0.15) is 28.5 Å². The number of nitrogens with one attached hydrogen (secondary N) is 4. The number of hydrogen-bond donors (Lipinski definition) is 4. The maximum atomic E-state index is 12.7. The molecule has 1 amide bonds. The highest BCUT2D eigenvalue weighted by atomic mass is 35.5. The number of carbonyl (C=O) groups is 1. The van der Waals surface area contributed by atoms with E-state index in [4.69, 9.17) is 21.7 Å². The standard InChI is InChI=1S/C22H28ClN7O2/c1-13(12-32-4)28-22(31)16-10-26-21-20(16)29-18(11-27-21)19(24)15-6-5-14(23)9-17(15)25-7-8-30(2)3/h5-6,9-11,13,24-25H,7-8,12H2,1-4H3,(H,26,27)(H,28,31)/t13-/m0/s1. The molecule has 2 heterocycles. The highest BCUT2D eigenvalue weighted by molar-refractivity contribution is 6.31. The summed E-state index contributed by atoms with van der Waals surface area (Å²) < 4.78 is 5.07. The van der Waals surface area contributed by atoms with Gasteiger partial charge in [0, 0.05) is 48.7 Å². The molecule has 0 saturated heterocycles. The first-order valence-electron chi connectivity index (χ1n) is 10.2. The Hall–Kier alpha value is -3.01. The molecule has 3 rings (SSSR count). The van der Waals surface area contributed by atoms with E-state index < -0.39 is 0 Å². The second-order valence-electron chi connectivity index (χ2n) is 7.78. The largest absolute Gasteiger partial charge is 0.383 e. The van der Waals surface area contributed by atoms with Gasteiger partial charge in [0.05, 0.1) is 24.1 Å². The van der Waals surface area contributed by atoms with Crippen LogP contribution in [0.5, 0.6) is 0 Å². The third-order valence-electron chi connectivity index (χ3n) is 4.80. The minimum Gasteiger partial charge on any atom is -0.383 e. The Bertz CT molecular complexity index is 1110. The minimum absolute atomic E-state index is 0.156. The van der Waals surface area contributed by atoms with E-state index in [0.717, 1.165) is 12.2 Å². The first-order chi connectivity index (χ1) is 15.3. The number of methoxy groups -OCH3 is 1. The summed E-state index contributed by atoms with van der Waals surface area (Å²) in [5.41, 5.74) is 3.18. The lowest BCUT2D eigenvalue weighted by Crippen LogP contribution is -2.35. The zero-order valence-electron chi connectivity index (χ0n) is 18.6. The van der Waals surface area contributed by atoms with Crippen molar-refractivity contribution in [3.05, 3.63) is 52.4 Å². The van der Waals surface area contributed by atoms with E-state index in [1.165, 1.54) is 6.20 Å². The Kier molecular flexibility index (Phi) is 7.79. The molecule has 0 bridgehead atoms. The number of aromatic nitrogens is 3. The number of aromatic amines is 1. The van der Waals surface area contributed by atoms with Crippen molar-refractivity contribution in [2.45, 2.75) is 13.0 Å². The predicted molar refractivity (Wildman–Crippen MR) is 127 cm³/mol. The van der Waals surface area contributed by atoms with Gasteiger partial charge in [-0.15, -0.1) is 0 Å². The van der Waals surface area contributed by atoms with Gasteiger partial charge in [0.15, 0.2) is 5.65 Å². The lowest BCUT2D eigenvalue weighted by Gasteiger charge is -2.15. The monoisotopic (exact) mass is 457 g/mol. The van der Waals surface area contributed by atoms with Crippen LogP contribution in [0.4, 0.5) is 5.69 Å². The van der Waals surface area contributed by atoms with Crippen LogP contribution in [0, 0.1) is 5.41 Å². The molecule has 1 atom stereocenters. The molecule has 4 N–H and O–H groups in total. The normalized spacial score (nSPS) is 12.2. The molecule has 0 fully saturated rings. The average molecular weight is 458 g/mol. The summed E-state index contributed by atoms with van der Waals surface area (Å²) in [6.07, 6.45) is 3.10. The lowest BCUT2D eigenvalue weighted by atomic mass is 10.1. The van der Waals surface area contributed by atoms with E-state index in [1.807, 2.05) is 21.0 Å². The first kappa shape index (κ1) is 23.6. The third kappa shape index (κ3) is 5.61. The van der Waals surface area contributed by atoms with E-state index in [-0.39, 0.29) is 17.7 Å². The predicted octanol–water partition coefficient (Wildman–Crippen LogP) is 2.77. The molecule has 0 aliphatic heterocycles. The molecular formula is C22H28ClN7O2. The summed E-state index contributed by atoms with van der Waals surface area (Å²) in [5, 5.41) is 15.5. The van der Waals surface area contributed by atoms with Crippen LogP contribution in [0.25, 0.3) is 11.2 Å². The fourth-order valence-electron chi connectivity index (χ4n) is 3.21. The number of carbonyl (C=O) groups excluding carboxylic acids is 1. The van der Waals surface area contributed by atoms with Crippen LogP contribution in [0.3, 0.4) is 0 Å². The quantitative estimate of drug-likeness (QED) is 0.347. The van der Waals surface area contributed by atoms with Crippen LogP contribution >= 0.6 is 11.6 Å². The summed E-state index contributed by atoms with van der Waals surface area (Å²) in [5.74, 6) is -0.281. The number of ether oxygens (including phenoxy) is 1. The summed E-state index contributed by atoms with van der Waals surface area (Å²) in [6, 6.07) is 5.16. The minimum atomic E-state index is -0.281. The molecule has 32 heavy (non-hydrogen) atoms. The molecule has 2 aromatic heterocycles. The molecule has 0 aliphatic carbocycles. The summed E-state index contributed by atoms with van der Waals surface area (Å²) in [6.45, 7) is 3.78. The molecule has 0 aliphatic rings. The molecule has 1 aromatic carbocycles. The van der Waals surface area contributed by atoms with Crippen LogP contribution < -0.4 is 10.6 Å². The van der Waals surface area contributed by atoms with Crippen molar-refractivity contribution in [1.29, 1.82) is 5.41 Å². The van der Waals surface area contributed by atoms with Crippen LogP contribution in [0.15, 0.2) is 30.6 Å². The number of amides is 1. The average Bonchev–Trinajstić information content (AvgIpc) is 3.16. The van der Waals surface area contributed by atoms with Gasteiger partial charge in [0.2, 0.25) is 0 Å². The summed E-state index contributed by atoms with van der Waals surface area (Å²) >= 11 is 6.19. The zero-order chi connectivity index (χ0) is 23.3. The first-order valence-corrected chi connectivity index (χ1v) is 10.6. The number of anilines is 1. The number of H-pyrrole nitrogens is 1. The SMILES string of the molecule is COC[C@H](C)NC(=O)c1c[nH]c2ncc(C(=N)c3ccc(Cl)cc3NCCN(C)C)nc12. The number of likely N-dealkylation sites (N-methyl/N-ethyl adjacent to an activating group) is 1. The second-order valence-corrected chi connectivity index (χ2v) is 8.22. The van der Waals surface area contributed by atoms with Gasteiger partial charge in [-0.05, 0) is 39.2 Å². The van der Waals surface area contributed by atoms with Gasteiger partial charge < -0.3 is 25.3 Å². The number of fused-ring (bicyclic) bond motifs is 1. The molecule has 170 valence electrons. The molecule has 9 nitrogen and oxygen atoms in total. The van der Waals surface area contributed by atoms with E-state index >= 15 is 0 Å². The lowest BCUT2D eigenvalue weighted by molar-refractivity contribution is 0.0907. The van der Waals surface area contributed by atoms with Crippen LogP contribution in [-0.4, -0.2) is 78.4 Å². The number of hydrogen-bond acceptors (Lipinski definition) is 7. The number of benzene rings is 1. The third-order valence-corrected chi connectivity index (χ3v) is 5.04.